The van der Waals surface area contributed by atoms with Crippen molar-refractivity contribution in [3.8, 4) is 0 Å². The highest BCUT2D eigenvalue weighted by Gasteiger charge is 1.94. The molecule has 0 spiro atoms. The first-order chi connectivity index (χ1) is 15.0. The van der Waals surface area contributed by atoms with E-state index in [2.05, 4.69) is 28.6 Å². The van der Waals surface area contributed by atoms with Crippen molar-refractivity contribution < 1.29 is 27.0 Å². The van der Waals surface area contributed by atoms with Gasteiger partial charge in [0.05, 0.1) is 20.3 Å². The number of unbranched alkanes of at least 4 members (excludes halogenated alkanes) is 12. The van der Waals surface area contributed by atoms with Gasteiger partial charge in [0.15, 0.2) is 0 Å². The Kier molecular flexibility index (Phi) is 29.0. The molecule has 0 aliphatic rings. The van der Waals surface area contributed by atoms with E-state index in [0.717, 1.165) is 26.9 Å². The third kappa shape index (κ3) is 37.2. The van der Waals surface area contributed by atoms with E-state index in [1.54, 1.807) is 0 Å². The monoisotopic (exact) mass is 467 g/mol. The Bertz CT molecular complexity index is 457. The fourth-order valence-electron chi connectivity index (χ4n) is 2.90. The van der Waals surface area contributed by atoms with Gasteiger partial charge in [-0.15, -0.1) is 0 Å². The molecule has 0 saturated heterocycles. The zero-order chi connectivity index (χ0) is 23.5. The van der Waals surface area contributed by atoms with Crippen LogP contribution in [0, 0.1) is 0 Å². The molecule has 0 saturated carbocycles. The molecule has 188 valence electrons. The molecule has 0 radical (unpaired) electrons. The van der Waals surface area contributed by atoms with Crippen LogP contribution in [-0.4, -0.2) is 58.1 Å². The van der Waals surface area contributed by atoms with Crippen LogP contribution in [0.3, 0.4) is 0 Å². The highest BCUT2D eigenvalue weighted by molar-refractivity contribution is 7.80. The van der Waals surface area contributed by atoms with Gasteiger partial charge in [0.25, 0.3) is 0 Å². The van der Waals surface area contributed by atoms with Crippen LogP contribution in [-0.2, 0) is 19.3 Å². The summed E-state index contributed by atoms with van der Waals surface area (Å²) in [5.74, 6) is 0. The van der Waals surface area contributed by atoms with Crippen molar-refractivity contribution in [1.29, 1.82) is 0 Å². The van der Waals surface area contributed by atoms with Crippen molar-refractivity contribution in [2.24, 2.45) is 0 Å². The molecule has 8 heteroatoms. The SMILES string of the molecule is CCCCCCCC/C=C\CCCCCCCCOCCNCCO.COS(=O)(=O)O. The lowest BCUT2D eigenvalue weighted by molar-refractivity contribution is 0.130. The van der Waals surface area contributed by atoms with E-state index in [-0.39, 0.29) is 6.61 Å². The number of rotatable bonds is 22. The minimum Gasteiger partial charge on any atom is -0.395 e. The van der Waals surface area contributed by atoms with Gasteiger partial charge in [-0.05, 0) is 32.1 Å². The zero-order valence-electron chi connectivity index (χ0n) is 20.0. The average Bonchev–Trinajstić information content (AvgIpc) is 2.75. The molecule has 0 aromatic rings. The van der Waals surface area contributed by atoms with Gasteiger partial charge < -0.3 is 15.2 Å². The second-order valence-corrected chi connectivity index (χ2v) is 8.81. The molecule has 0 rings (SSSR count). The van der Waals surface area contributed by atoms with Gasteiger partial charge in [0.2, 0.25) is 0 Å². The predicted molar refractivity (Wildman–Crippen MR) is 129 cm³/mol. The summed E-state index contributed by atoms with van der Waals surface area (Å²) in [6, 6.07) is 0. The summed E-state index contributed by atoms with van der Waals surface area (Å²) in [5.41, 5.74) is 0. The number of nitrogens with one attached hydrogen (secondary N) is 1. The molecule has 7 nitrogen and oxygen atoms in total. The quantitative estimate of drug-likeness (QED) is 0.116. The van der Waals surface area contributed by atoms with Crippen LogP contribution < -0.4 is 5.32 Å². The molecule has 0 bridgehead atoms. The largest absolute Gasteiger partial charge is 0.397 e. The van der Waals surface area contributed by atoms with Crippen LogP contribution in [0.5, 0.6) is 0 Å². The molecule has 0 aromatic heterocycles. The molecule has 0 heterocycles. The van der Waals surface area contributed by atoms with Crippen LogP contribution in [0.15, 0.2) is 12.2 Å². The summed E-state index contributed by atoms with van der Waals surface area (Å²) < 4.78 is 35.3. The number of allylic oxidation sites excluding steroid dienone is 2. The number of ether oxygens (including phenoxy) is 1. The normalized spacial score (nSPS) is 11.6. The third-order valence-electron chi connectivity index (χ3n) is 4.72. The van der Waals surface area contributed by atoms with Crippen LogP contribution in [0.1, 0.15) is 96.8 Å². The summed E-state index contributed by atoms with van der Waals surface area (Å²) in [4.78, 5) is 0. The van der Waals surface area contributed by atoms with Gasteiger partial charge in [0.1, 0.15) is 0 Å². The molecule has 0 unspecified atom stereocenters. The smallest absolute Gasteiger partial charge is 0.395 e. The summed E-state index contributed by atoms with van der Waals surface area (Å²) in [6.45, 7) is 5.62. The fourth-order valence-corrected chi connectivity index (χ4v) is 2.90. The second kappa shape index (κ2) is 27.5. The Balaban J connectivity index is 0. The van der Waals surface area contributed by atoms with Crippen LogP contribution >= 0.6 is 0 Å². The van der Waals surface area contributed by atoms with Crippen LogP contribution in [0.2, 0.25) is 0 Å². The summed E-state index contributed by atoms with van der Waals surface area (Å²) >= 11 is 0. The Morgan fingerprint density at radius 3 is 1.74 bits per heavy atom. The molecule has 0 aromatic carbocycles. The van der Waals surface area contributed by atoms with Crippen LogP contribution in [0.4, 0.5) is 0 Å². The molecule has 3 N–H and O–H groups in total. The molecule has 0 aliphatic heterocycles. The molecular formula is C23H49NO6S. The second-order valence-electron chi connectivity index (χ2n) is 7.62. The summed E-state index contributed by atoms with van der Waals surface area (Å²) in [6.07, 6.45) is 23.6. The van der Waals surface area contributed by atoms with Crippen molar-refractivity contribution in [1.82, 2.24) is 5.32 Å². The van der Waals surface area contributed by atoms with Crippen molar-refractivity contribution in [2.75, 3.05) is 40.0 Å². The Hall–Kier alpha value is -0.510. The summed E-state index contributed by atoms with van der Waals surface area (Å²) in [5, 5.41) is 11.7. The highest BCUT2D eigenvalue weighted by Crippen LogP contribution is 2.09. The highest BCUT2D eigenvalue weighted by atomic mass is 32.3. The minimum atomic E-state index is -4.16. The maximum Gasteiger partial charge on any atom is 0.397 e. The maximum absolute atomic E-state index is 9.33. The van der Waals surface area contributed by atoms with Crippen molar-refractivity contribution in [2.45, 2.75) is 96.8 Å². The van der Waals surface area contributed by atoms with E-state index in [1.165, 1.54) is 89.9 Å². The van der Waals surface area contributed by atoms with Crippen LogP contribution in [0.25, 0.3) is 0 Å². The van der Waals surface area contributed by atoms with E-state index in [1.807, 2.05) is 0 Å². The average molecular weight is 468 g/mol. The topological polar surface area (TPSA) is 105 Å². The number of hydrogen-bond acceptors (Lipinski definition) is 6. The van der Waals surface area contributed by atoms with Crippen molar-refractivity contribution in [3.63, 3.8) is 0 Å². The van der Waals surface area contributed by atoms with E-state index < -0.39 is 10.4 Å². The lowest BCUT2D eigenvalue weighted by atomic mass is 10.1. The molecule has 31 heavy (non-hydrogen) atoms. The maximum atomic E-state index is 9.33. The standard InChI is InChI=1S/C22H45NO2.CH4O4S/c1-2-3-4-5-6-7-8-9-10-11-12-13-14-15-16-17-21-25-22-19-23-18-20-24;1-5-6(2,3)4/h9-10,23-24H,2-8,11-22H2,1H3;1H3,(H,2,3,4)/b10-9-;. The molecule has 0 aliphatic carbocycles. The number of hydrogen-bond donors (Lipinski definition) is 3. The van der Waals surface area contributed by atoms with E-state index in [9.17, 15) is 8.42 Å². The molecule has 0 atom stereocenters. The predicted octanol–water partition coefficient (Wildman–Crippen LogP) is 5.06. The van der Waals surface area contributed by atoms with Gasteiger partial charge in [0, 0.05) is 19.7 Å². The zero-order valence-corrected chi connectivity index (χ0v) is 20.8. The Labute approximate surface area is 191 Å². The first-order valence-corrected chi connectivity index (χ1v) is 13.4. The fraction of sp³-hybridized carbons (Fsp3) is 0.913. The Morgan fingerprint density at radius 2 is 1.26 bits per heavy atom. The van der Waals surface area contributed by atoms with E-state index >= 15 is 0 Å². The van der Waals surface area contributed by atoms with E-state index in [0.29, 0.717) is 6.54 Å². The Morgan fingerprint density at radius 1 is 0.774 bits per heavy atom. The molecule has 0 amide bonds. The van der Waals surface area contributed by atoms with Crippen molar-refractivity contribution >= 4 is 10.4 Å². The minimum absolute atomic E-state index is 0.203. The molecular weight excluding hydrogens is 418 g/mol. The first kappa shape index (κ1) is 32.7. The molecule has 0 fully saturated rings. The lowest BCUT2D eigenvalue weighted by Gasteiger charge is -2.05. The number of aliphatic hydroxyl groups excluding tert-OH is 1. The van der Waals surface area contributed by atoms with E-state index in [4.69, 9.17) is 14.4 Å². The first-order valence-electron chi connectivity index (χ1n) is 12.0. The van der Waals surface area contributed by atoms with Gasteiger partial charge in [-0.2, -0.15) is 8.42 Å². The lowest BCUT2D eigenvalue weighted by Crippen LogP contribution is -2.23. The van der Waals surface area contributed by atoms with Gasteiger partial charge in [-0.3, -0.25) is 8.74 Å². The summed E-state index contributed by atoms with van der Waals surface area (Å²) in [7, 11) is -3.29. The van der Waals surface area contributed by atoms with Gasteiger partial charge in [-0.1, -0.05) is 76.9 Å². The van der Waals surface area contributed by atoms with Gasteiger partial charge >= 0.3 is 10.4 Å². The third-order valence-corrected chi connectivity index (χ3v) is 5.14. The van der Waals surface area contributed by atoms with Gasteiger partial charge in [-0.25, -0.2) is 0 Å². The van der Waals surface area contributed by atoms with Crippen molar-refractivity contribution in [3.05, 3.63) is 12.2 Å². The number of aliphatic hydroxyl groups is 1.